The van der Waals surface area contributed by atoms with Crippen molar-refractivity contribution >= 4 is 10.1 Å². The summed E-state index contributed by atoms with van der Waals surface area (Å²) in [6, 6.07) is 0. The van der Waals surface area contributed by atoms with E-state index in [2.05, 4.69) is 6.58 Å². The van der Waals surface area contributed by atoms with Gasteiger partial charge < -0.3 is 9.66 Å². The Labute approximate surface area is 94.7 Å². The molecule has 12 heavy (non-hydrogen) atoms. The zero-order chi connectivity index (χ0) is 8.91. The van der Waals surface area contributed by atoms with Crippen LogP contribution in [0.4, 0.5) is 0 Å². The molecule has 6 heteroatoms. The summed E-state index contributed by atoms with van der Waals surface area (Å²) in [5.74, 6) is -0.708. The minimum absolute atomic E-state index is 0. The molecule has 0 saturated carbocycles. The second kappa shape index (κ2) is 7.06. The van der Waals surface area contributed by atoms with E-state index in [9.17, 15) is 13.0 Å². The molecule has 0 aliphatic carbocycles. The Kier molecular flexibility index (Phi) is 8.88. The van der Waals surface area contributed by atoms with E-state index in [0.717, 1.165) is 0 Å². The van der Waals surface area contributed by atoms with E-state index in [1.54, 1.807) is 6.08 Å². The number of aliphatic hydroxyl groups excluding tert-OH is 1. The fraction of sp³-hybridized carbons (Fsp3) is 0.667. The van der Waals surface area contributed by atoms with Crippen LogP contribution in [0.1, 0.15) is 12.8 Å². The van der Waals surface area contributed by atoms with Gasteiger partial charge in [0.1, 0.15) is 0 Å². The van der Waals surface area contributed by atoms with Crippen molar-refractivity contribution in [3.63, 3.8) is 0 Å². The summed E-state index contributed by atoms with van der Waals surface area (Å²) < 4.78 is 30.2. The molecule has 0 radical (unpaired) electrons. The molecule has 0 aliphatic rings. The van der Waals surface area contributed by atoms with E-state index in [1.807, 2.05) is 0 Å². The molecule has 0 bridgehead atoms. The first kappa shape index (κ1) is 15.1. The Bertz CT molecular complexity index is 212. The molecule has 1 N–H and O–H groups in total. The Morgan fingerprint density at radius 2 is 2.08 bits per heavy atom. The second-order valence-corrected chi connectivity index (χ2v) is 3.69. The van der Waals surface area contributed by atoms with Crippen LogP contribution in [0, 0.1) is 0 Å². The molecule has 0 aliphatic heterocycles. The Morgan fingerprint density at radius 3 is 2.42 bits per heavy atom. The topological polar surface area (TPSA) is 77.4 Å². The summed E-state index contributed by atoms with van der Waals surface area (Å²) in [7, 11) is -4.29. The Hall–Kier alpha value is 0.610. The number of hydrogen-bond donors (Lipinski definition) is 1. The van der Waals surface area contributed by atoms with Gasteiger partial charge in [-0.3, -0.25) is 0 Å². The molecule has 0 fully saturated rings. The summed E-state index contributed by atoms with van der Waals surface area (Å²) >= 11 is 0. The molecule has 0 aromatic rings. The SMILES string of the molecule is C=CCCC(O)CS(=O)(=O)[O-].[Na+]. The van der Waals surface area contributed by atoms with Crippen LogP contribution in [0.2, 0.25) is 0 Å². The van der Waals surface area contributed by atoms with E-state index in [1.165, 1.54) is 0 Å². The molecule has 1 unspecified atom stereocenters. The van der Waals surface area contributed by atoms with Crippen molar-refractivity contribution in [1.82, 2.24) is 0 Å². The van der Waals surface area contributed by atoms with Crippen molar-refractivity contribution in [2.24, 2.45) is 0 Å². The van der Waals surface area contributed by atoms with E-state index >= 15 is 0 Å². The van der Waals surface area contributed by atoms with E-state index < -0.39 is 22.0 Å². The third-order valence-electron chi connectivity index (χ3n) is 1.10. The maximum absolute atomic E-state index is 10.1. The van der Waals surface area contributed by atoms with Crippen LogP contribution in [0.5, 0.6) is 0 Å². The average molecular weight is 202 g/mol. The maximum atomic E-state index is 10.1. The first-order valence-electron chi connectivity index (χ1n) is 3.18. The molecule has 4 nitrogen and oxygen atoms in total. The summed E-state index contributed by atoms with van der Waals surface area (Å²) in [4.78, 5) is 0. The van der Waals surface area contributed by atoms with Gasteiger partial charge >= 0.3 is 29.6 Å². The van der Waals surface area contributed by atoms with Gasteiger partial charge in [0.15, 0.2) is 0 Å². The number of rotatable bonds is 5. The van der Waals surface area contributed by atoms with E-state index in [4.69, 9.17) is 5.11 Å². The summed E-state index contributed by atoms with van der Waals surface area (Å²) in [5, 5.41) is 8.89. The van der Waals surface area contributed by atoms with Gasteiger partial charge in [-0.1, -0.05) is 6.08 Å². The normalized spacial score (nSPS) is 13.2. The minimum atomic E-state index is -4.29. The van der Waals surface area contributed by atoms with Crippen LogP contribution in [0.15, 0.2) is 12.7 Å². The summed E-state index contributed by atoms with van der Waals surface area (Å²) in [6.45, 7) is 3.39. The maximum Gasteiger partial charge on any atom is 1.00 e. The van der Waals surface area contributed by atoms with Gasteiger partial charge in [-0.05, 0) is 12.8 Å². The fourth-order valence-electron chi connectivity index (χ4n) is 0.629. The molecule has 66 valence electrons. The number of aliphatic hydroxyl groups is 1. The van der Waals surface area contributed by atoms with Crippen LogP contribution in [0.3, 0.4) is 0 Å². The van der Waals surface area contributed by atoms with Crippen molar-refractivity contribution in [3.8, 4) is 0 Å². The molecule has 0 saturated heterocycles. The van der Waals surface area contributed by atoms with Gasteiger partial charge in [-0.2, -0.15) is 0 Å². The van der Waals surface area contributed by atoms with Gasteiger partial charge in [0.05, 0.1) is 22.0 Å². The van der Waals surface area contributed by atoms with Crippen LogP contribution >= 0.6 is 0 Å². The van der Waals surface area contributed by atoms with Crippen LogP contribution in [-0.2, 0) is 10.1 Å². The fourth-order valence-corrected chi connectivity index (χ4v) is 1.27. The number of hydrogen-bond acceptors (Lipinski definition) is 4. The standard InChI is InChI=1S/C6H12O4S.Na/c1-2-3-4-6(7)5-11(8,9)10;/h2,6-7H,1,3-5H2,(H,8,9,10);/q;+1/p-1. The van der Waals surface area contributed by atoms with Crippen molar-refractivity contribution < 1.29 is 47.6 Å². The van der Waals surface area contributed by atoms with Gasteiger partial charge in [0, 0.05) is 0 Å². The van der Waals surface area contributed by atoms with E-state index in [0.29, 0.717) is 6.42 Å². The van der Waals surface area contributed by atoms with Gasteiger partial charge in [0.2, 0.25) is 0 Å². The third kappa shape index (κ3) is 10.6. The monoisotopic (exact) mass is 202 g/mol. The van der Waals surface area contributed by atoms with Gasteiger partial charge in [0.25, 0.3) is 0 Å². The Balaban J connectivity index is 0. The molecule has 0 rings (SSSR count). The van der Waals surface area contributed by atoms with Gasteiger partial charge in [-0.25, -0.2) is 8.42 Å². The van der Waals surface area contributed by atoms with Crippen molar-refractivity contribution in [2.45, 2.75) is 18.9 Å². The summed E-state index contributed by atoms with van der Waals surface area (Å²) in [5.41, 5.74) is 0. The predicted octanol–water partition coefficient (Wildman–Crippen LogP) is -3.14. The molecular weight excluding hydrogens is 191 g/mol. The zero-order valence-electron chi connectivity index (χ0n) is 7.06. The van der Waals surface area contributed by atoms with Crippen molar-refractivity contribution in [3.05, 3.63) is 12.7 Å². The molecule has 0 heterocycles. The minimum Gasteiger partial charge on any atom is -0.748 e. The number of allylic oxidation sites excluding steroid dienone is 1. The quantitative estimate of drug-likeness (QED) is 0.290. The molecule has 0 aromatic heterocycles. The molecular formula is C6H11NaO4S. The molecule has 1 atom stereocenters. The third-order valence-corrected chi connectivity index (χ3v) is 1.89. The van der Waals surface area contributed by atoms with Gasteiger partial charge in [-0.15, -0.1) is 6.58 Å². The first-order valence-corrected chi connectivity index (χ1v) is 4.76. The van der Waals surface area contributed by atoms with E-state index in [-0.39, 0.29) is 36.0 Å². The second-order valence-electron chi connectivity index (χ2n) is 2.24. The summed E-state index contributed by atoms with van der Waals surface area (Å²) in [6.07, 6.45) is 1.28. The molecule has 0 amide bonds. The molecule has 0 spiro atoms. The van der Waals surface area contributed by atoms with Crippen molar-refractivity contribution in [2.75, 3.05) is 5.75 Å². The van der Waals surface area contributed by atoms with Crippen LogP contribution in [-0.4, -0.2) is 29.9 Å². The zero-order valence-corrected chi connectivity index (χ0v) is 9.88. The largest absolute Gasteiger partial charge is 1.00 e. The molecule has 0 aromatic carbocycles. The van der Waals surface area contributed by atoms with Crippen LogP contribution < -0.4 is 29.6 Å². The van der Waals surface area contributed by atoms with Crippen LogP contribution in [0.25, 0.3) is 0 Å². The Morgan fingerprint density at radius 1 is 1.58 bits per heavy atom. The smallest absolute Gasteiger partial charge is 0.748 e. The van der Waals surface area contributed by atoms with Crippen molar-refractivity contribution in [1.29, 1.82) is 0 Å². The first-order chi connectivity index (χ1) is 4.95. The average Bonchev–Trinajstić information content (AvgIpc) is 1.79. The predicted molar refractivity (Wildman–Crippen MR) is 40.0 cm³/mol.